The highest BCUT2D eigenvalue weighted by Crippen LogP contribution is 2.39. The molecule has 19 heavy (non-hydrogen) atoms. The molecule has 0 unspecified atom stereocenters. The van der Waals surface area contributed by atoms with Crippen LogP contribution in [0.15, 0.2) is 52.3 Å². The summed E-state index contributed by atoms with van der Waals surface area (Å²) in [6, 6.07) is 10.9. The molecule has 0 heterocycles. The molecule has 0 aromatic heterocycles. The summed E-state index contributed by atoms with van der Waals surface area (Å²) in [5, 5.41) is 9.24. The van der Waals surface area contributed by atoms with Crippen molar-refractivity contribution in [2.75, 3.05) is 0 Å². The fourth-order valence-electron chi connectivity index (χ4n) is 1.44. The zero-order valence-corrected chi connectivity index (χ0v) is 12.4. The van der Waals surface area contributed by atoms with E-state index in [0.29, 0.717) is 4.90 Å². The van der Waals surface area contributed by atoms with Crippen molar-refractivity contribution in [3.05, 3.63) is 51.6 Å². The number of aromatic hydroxyl groups is 1. The van der Waals surface area contributed by atoms with Gasteiger partial charge in [0.05, 0.1) is 5.56 Å². The Morgan fingerprint density at radius 2 is 1.53 bits per heavy atom. The first-order valence-electron chi connectivity index (χ1n) is 5.20. The van der Waals surface area contributed by atoms with E-state index in [2.05, 4.69) is 22.6 Å². The van der Waals surface area contributed by atoms with Crippen molar-refractivity contribution in [2.24, 2.45) is 0 Å². The first-order valence-corrected chi connectivity index (χ1v) is 7.09. The SMILES string of the molecule is Oc1ccc(Sc2ccc(I)cc2)cc1C(F)(F)F. The van der Waals surface area contributed by atoms with Gasteiger partial charge in [-0.1, -0.05) is 11.8 Å². The molecular formula is C13H8F3IOS. The van der Waals surface area contributed by atoms with Crippen molar-refractivity contribution in [1.29, 1.82) is 0 Å². The maximum absolute atomic E-state index is 12.7. The van der Waals surface area contributed by atoms with E-state index >= 15 is 0 Å². The molecule has 0 aliphatic rings. The highest BCUT2D eigenvalue weighted by atomic mass is 127. The van der Waals surface area contributed by atoms with E-state index < -0.39 is 17.5 Å². The Labute approximate surface area is 126 Å². The molecule has 6 heteroatoms. The zero-order chi connectivity index (χ0) is 14.0. The Morgan fingerprint density at radius 1 is 0.947 bits per heavy atom. The van der Waals surface area contributed by atoms with E-state index in [1.807, 2.05) is 24.3 Å². The van der Waals surface area contributed by atoms with Gasteiger partial charge in [-0.2, -0.15) is 13.2 Å². The summed E-state index contributed by atoms with van der Waals surface area (Å²) in [5.74, 6) is -0.750. The molecule has 1 nitrogen and oxygen atoms in total. The van der Waals surface area contributed by atoms with Crippen LogP contribution in [0.25, 0.3) is 0 Å². The minimum absolute atomic E-state index is 0.436. The van der Waals surface area contributed by atoms with Crippen molar-refractivity contribution in [3.63, 3.8) is 0 Å². The summed E-state index contributed by atoms with van der Waals surface area (Å²) < 4.78 is 39.0. The standard InChI is InChI=1S/C13H8F3IOS/c14-13(15,16)11-7-10(5-6-12(11)18)19-9-3-1-8(17)2-4-9/h1-7,18H. The largest absolute Gasteiger partial charge is 0.507 e. The van der Waals surface area contributed by atoms with Gasteiger partial charge in [0.15, 0.2) is 0 Å². The van der Waals surface area contributed by atoms with Crippen LogP contribution in [-0.4, -0.2) is 5.11 Å². The third-order valence-electron chi connectivity index (χ3n) is 2.32. The first kappa shape index (κ1) is 14.5. The lowest BCUT2D eigenvalue weighted by Crippen LogP contribution is -2.05. The van der Waals surface area contributed by atoms with E-state index in [0.717, 1.165) is 20.6 Å². The topological polar surface area (TPSA) is 20.2 Å². The molecule has 1 N–H and O–H groups in total. The molecular weight excluding hydrogens is 388 g/mol. The highest BCUT2D eigenvalue weighted by Gasteiger charge is 2.34. The van der Waals surface area contributed by atoms with E-state index in [9.17, 15) is 18.3 Å². The summed E-state index contributed by atoms with van der Waals surface area (Å²) >= 11 is 3.38. The maximum Gasteiger partial charge on any atom is 0.419 e. The molecule has 2 aromatic rings. The number of alkyl halides is 3. The maximum atomic E-state index is 12.7. The molecule has 0 fully saturated rings. The number of benzene rings is 2. The molecule has 0 aliphatic carbocycles. The quantitative estimate of drug-likeness (QED) is 0.708. The van der Waals surface area contributed by atoms with Crippen molar-refractivity contribution in [1.82, 2.24) is 0 Å². The molecule has 0 saturated carbocycles. The summed E-state index contributed by atoms with van der Waals surface area (Å²) in [7, 11) is 0. The number of hydrogen-bond donors (Lipinski definition) is 1. The third-order valence-corrected chi connectivity index (χ3v) is 4.04. The van der Waals surface area contributed by atoms with Crippen molar-refractivity contribution < 1.29 is 18.3 Å². The fraction of sp³-hybridized carbons (Fsp3) is 0.0769. The lowest BCUT2D eigenvalue weighted by atomic mass is 10.2. The monoisotopic (exact) mass is 396 g/mol. The number of hydrogen-bond acceptors (Lipinski definition) is 2. The number of phenolic OH excluding ortho intramolecular Hbond substituents is 1. The second-order valence-corrected chi connectivity index (χ2v) is 6.13. The van der Waals surface area contributed by atoms with Crippen LogP contribution >= 0.6 is 34.4 Å². The molecule has 0 radical (unpaired) electrons. The van der Waals surface area contributed by atoms with Crippen molar-refractivity contribution in [3.8, 4) is 5.75 Å². The smallest absolute Gasteiger partial charge is 0.419 e. The molecule has 0 bridgehead atoms. The summed E-state index contributed by atoms with van der Waals surface area (Å²) in [6.45, 7) is 0. The lowest BCUT2D eigenvalue weighted by molar-refractivity contribution is -0.138. The van der Waals surface area contributed by atoms with Crippen LogP contribution in [0, 0.1) is 3.57 Å². The minimum Gasteiger partial charge on any atom is -0.507 e. The summed E-state index contributed by atoms with van der Waals surface area (Å²) in [5.41, 5.74) is -1.01. The molecule has 0 atom stereocenters. The Balaban J connectivity index is 2.29. The van der Waals surface area contributed by atoms with Gasteiger partial charge in [-0.05, 0) is 65.1 Å². The number of halogens is 4. The fourth-order valence-corrected chi connectivity index (χ4v) is 2.66. The average Bonchev–Trinajstić information content (AvgIpc) is 2.33. The van der Waals surface area contributed by atoms with Crippen LogP contribution in [0.4, 0.5) is 13.2 Å². The highest BCUT2D eigenvalue weighted by molar-refractivity contribution is 14.1. The predicted octanol–water partition coefficient (Wildman–Crippen LogP) is 5.17. The number of rotatable bonds is 2. The van der Waals surface area contributed by atoms with Crippen LogP contribution in [-0.2, 0) is 6.18 Å². The van der Waals surface area contributed by atoms with Gasteiger partial charge in [0, 0.05) is 13.4 Å². The molecule has 0 saturated heterocycles. The van der Waals surface area contributed by atoms with E-state index in [1.165, 1.54) is 17.8 Å². The molecule has 0 amide bonds. The summed E-state index contributed by atoms with van der Waals surface area (Å²) in [4.78, 5) is 1.28. The van der Waals surface area contributed by atoms with Crippen LogP contribution in [0.2, 0.25) is 0 Å². The first-order chi connectivity index (χ1) is 8.86. The molecule has 2 rings (SSSR count). The Hall–Kier alpha value is -0.890. The minimum atomic E-state index is -4.55. The second kappa shape index (κ2) is 5.62. The van der Waals surface area contributed by atoms with E-state index in [-0.39, 0.29) is 0 Å². The van der Waals surface area contributed by atoms with Gasteiger partial charge in [-0.25, -0.2) is 0 Å². The van der Waals surface area contributed by atoms with Gasteiger partial charge < -0.3 is 5.11 Å². The van der Waals surface area contributed by atoms with Crippen LogP contribution in [0.5, 0.6) is 5.75 Å². The van der Waals surface area contributed by atoms with E-state index in [4.69, 9.17) is 0 Å². The Kier molecular flexibility index (Phi) is 4.29. The van der Waals surface area contributed by atoms with Gasteiger partial charge >= 0.3 is 6.18 Å². The zero-order valence-electron chi connectivity index (χ0n) is 9.41. The third kappa shape index (κ3) is 3.79. The molecule has 0 spiro atoms. The van der Waals surface area contributed by atoms with Gasteiger partial charge in [0.25, 0.3) is 0 Å². The lowest BCUT2D eigenvalue weighted by Gasteiger charge is -2.10. The second-order valence-electron chi connectivity index (χ2n) is 3.73. The molecule has 100 valence electrons. The van der Waals surface area contributed by atoms with Gasteiger partial charge in [-0.3, -0.25) is 0 Å². The Bertz CT molecular complexity index is 581. The van der Waals surface area contributed by atoms with Crippen molar-refractivity contribution in [2.45, 2.75) is 16.0 Å². The normalized spacial score (nSPS) is 11.6. The van der Waals surface area contributed by atoms with Crippen LogP contribution in [0.1, 0.15) is 5.56 Å². The Morgan fingerprint density at radius 3 is 2.11 bits per heavy atom. The number of phenols is 1. The van der Waals surface area contributed by atoms with Crippen LogP contribution in [0.3, 0.4) is 0 Å². The van der Waals surface area contributed by atoms with Crippen molar-refractivity contribution >= 4 is 34.4 Å². The van der Waals surface area contributed by atoms with Gasteiger partial charge in [0.1, 0.15) is 5.75 Å². The summed E-state index contributed by atoms with van der Waals surface area (Å²) in [6.07, 6.45) is -4.55. The molecule has 0 aliphatic heterocycles. The predicted molar refractivity (Wildman–Crippen MR) is 76.4 cm³/mol. The average molecular weight is 396 g/mol. The van der Waals surface area contributed by atoms with E-state index in [1.54, 1.807) is 0 Å². The van der Waals surface area contributed by atoms with Gasteiger partial charge in [0.2, 0.25) is 0 Å². The van der Waals surface area contributed by atoms with Gasteiger partial charge in [-0.15, -0.1) is 0 Å². The van der Waals surface area contributed by atoms with Crippen LogP contribution < -0.4 is 0 Å². The molecule has 2 aromatic carbocycles.